The van der Waals surface area contributed by atoms with Gasteiger partial charge in [0.15, 0.2) is 0 Å². The molecule has 0 unspecified atom stereocenters. The maximum absolute atomic E-state index is 9.01. The van der Waals surface area contributed by atoms with Crippen molar-refractivity contribution >= 4 is 28.8 Å². The van der Waals surface area contributed by atoms with Gasteiger partial charge in [0.05, 0.1) is 23.9 Å². The minimum absolute atomic E-state index is 0.325. The molecule has 1 fully saturated rings. The van der Waals surface area contributed by atoms with Crippen LogP contribution in [0.2, 0.25) is 0 Å². The molecular formula is C25H24N8O. The van der Waals surface area contributed by atoms with Crippen molar-refractivity contribution in [2.24, 2.45) is 0 Å². The first-order chi connectivity index (χ1) is 16.7. The minimum atomic E-state index is 0.325. The van der Waals surface area contributed by atoms with E-state index in [2.05, 4.69) is 26.8 Å². The smallest absolute Gasteiger partial charge is 0.229 e. The molecule has 1 aliphatic rings. The molecule has 0 atom stereocenters. The Morgan fingerprint density at radius 3 is 2.62 bits per heavy atom. The van der Waals surface area contributed by atoms with E-state index in [9.17, 15) is 0 Å². The predicted molar refractivity (Wildman–Crippen MR) is 131 cm³/mol. The van der Waals surface area contributed by atoms with Crippen LogP contribution in [0.3, 0.4) is 0 Å². The van der Waals surface area contributed by atoms with Gasteiger partial charge >= 0.3 is 0 Å². The lowest BCUT2D eigenvalue weighted by Gasteiger charge is -2.22. The molecular weight excluding hydrogens is 428 g/mol. The topological polar surface area (TPSA) is 127 Å². The monoisotopic (exact) mass is 452 g/mol. The summed E-state index contributed by atoms with van der Waals surface area (Å²) >= 11 is 0. The summed E-state index contributed by atoms with van der Waals surface area (Å²) in [6, 6.07) is 17.1. The highest BCUT2D eigenvalue weighted by molar-refractivity contribution is 5.78. The Bertz CT molecular complexity index is 1320. The molecule has 4 aromatic rings. The van der Waals surface area contributed by atoms with E-state index in [1.807, 2.05) is 53.5 Å². The third-order valence-electron chi connectivity index (χ3n) is 5.69. The highest BCUT2D eigenvalue weighted by Gasteiger charge is 2.18. The summed E-state index contributed by atoms with van der Waals surface area (Å²) in [7, 11) is 0. The number of anilines is 5. The van der Waals surface area contributed by atoms with Crippen LogP contribution in [0, 0.1) is 11.3 Å². The van der Waals surface area contributed by atoms with Crippen molar-refractivity contribution < 1.29 is 4.74 Å². The molecule has 2 aromatic heterocycles. The summed E-state index contributed by atoms with van der Waals surface area (Å²) in [6.07, 6.45) is 7.54. The van der Waals surface area contributed by atoms with E-state index in [4.69, 9.17) is 20.7 Å². The summed E-state index contributed by atoms with van der Waals surface area (Å²) < 4.78 is 7.48. The van der Waals surface area contributed by atoms with Crippen LogP contribution < -0.4 is 16.4 Å². The zero-order chi connectivity index (χ0) is 23.3. The van der Waals surface area contributed by atoms with Crippen molar-refractivity contribution in [3.8, 4) is 17.2 Å². The number of aromatic nitrogens is 4. The molecule has 1 aliphatic heterocycles. The maximum atomic E-state index is 9.01. The Labute approximate surface area is 197 Å². The Morgan fingerprint density at radius 2 is 1.85 bits per heavy atom. The molecule has 170 valence electrons. The van der Waals surface area contributed by atoms with Gasteiger partial charge in [-0.05, 0) is 55.3 Å². The number of hydrogen-bond acceptors (Lipinski definition) is 8. The van der Waals surface area contributed by atoms with Crippen LogP contribution in [0.4, 0.5) is 28.8 Å². The molecule has 3 heterocycles. The second-order valence-electron chi connectivity index (χ2n) is 8.07. The second kappa shape index (κ2) is 9.60. The Balaban J connectivity index is 1.47. The van der Waals surface area contributed by atoms with Crippen LogP contribution in [0.5, 0.6) is 0 Å². The number of ether oxygens (including phenoxy) is 1. The predicted octanol–water partition coefficient (Wildman–Crippen LogP) is 4.63. The van der Waals surface area contributed by atoms with E-state index in [-0.39, 0.29) is 0 Å². The maximum Gasteiger partial charge on any atom is 0.229 e. The Hall–Kier alpha value is -4.42. The van der Waals surface area contributed by atoms with Crippen molar-refractivity contribution in [2.75, 3.05) is 29.6 Å². The SMILES string of the molecule is N#Cc1ccc(Nc2ncc(-c3cnn(C4CCOCC4)c3)c(Nc3cccc(N)c3)n2)cc1. The molecule has 0 amide bonds. The normalized spacial score (nSPS) is 13.9. The van der Waals surface area contributed by atoms with Crippen molar-refractivity contribution in [2.45, 2.75) is 18.9 Å². The van der Waals surface area contributed by atoms with Crippen molar-refractivity contribution in [1.82, 2.24) is 19.7 Å². The third-order valence-corrected chi connectivity index (χ3v) is 5.69. The summed E-state index contributed by atoms with van der Waals surface area (Å²) in [5.74, 6) is 1.06. The van der Waals surface area contributed by atoms with Crippen LogP contribution in [0.15, 0.2) is 67.1 Å². The van der Waals surface area contributed by atoms with E-state index >= 15 is 0 Å². The van der Waals surface area contributed by atoms with Gasteiger partial charge in [0.2, 0.25) is 5.95 Å². The van der Waals surface area contributed by atoms with E-state index in [1.165, 1.54) is 0 Å². The van der Waals surface area contributed by atoms with Gasteiger partial charge in [-0.3, -0.25) is 4.68 Å². The van der Waals surface area contributed by atoms with Gasteiger partial charge in [0, 0.05) is 53.8 Å². The molecule has 0 aliphatic carbocycles. The highest BCUT2D eigenvalue weighted by Crippen LogP contribution is 2.31. The Kier molecular flexibility index (Phi) is 6.05. The molecule has 5 rings (SSSR count). The molecule has 1 saturated heterocycles. The molecule has 4 N–H and O–H groups in total. The summed E-state index contributed by atoms with van der Waals surface area (Å²) in [5, 5.41) is 20.2. The van der Waals surface area contributed by atoms with Crippen LogP contribution in [-0.4, -0.2) is 33.0 Å². The van der Waals surface area contributed by atoms with Crippen LogP contribution in [0.1, 0.15) is 24.4 Å². The van der Waals surface area contributed by atoms with E-state index in [0.29, 0.717) is 29.1 Å². The zero-order valence-corrected chi connectivity index (χ0v) is 18.5. The largest absolute Gasteiger partial charge is 0.399 e. The van der Waals surface area contributed by atoms with E-state index in [0.717, 1.165) is 48.6 Å². The van der Waals surface area contributed by atoms with Gasteiger partial charge in [0.25, 0.3) is 0 Å². The van der Waals surface area contributed by atoms with Crippen LogP contribution in [0.25, 0.3) is 11.1 Å². The molecule has 34 heavy (non-hydrogen) atoms. The first-order valence-electron chi connectivity index (χ1n) is 11.1. The van der Waals surface area contributed by atoms with Gasteiger partial charge in [-0.1, -0.05) is 6.07 Å². The summed E-state index contributed by atoms with van der Waals surface area (Å²) in [6.45, 7) is 1.50. The van der Waals surface area contributed by atoms with Crippen molar-refractivity contribution in [3.63, 3.8) is 0 Å². The highest BCUT2D eigenvalue weighted by atomic mass is 16.5. The first kappa shape index (κ1) is 21.4. The second-order valence-corrected chi connectivity index (χ2v) is 8.07. The van der Waals surface area contributed by atoms with Crippen LogP contribution in [-0.2, 0) is 4.74 Å². The van der Waals surface area contributed by atoms with Crippen molar-refractivity contribution in [3.05, 3.63) is 72.7 Å². The number of nitrogens with one attached hydrogen (secondary N) is 2. The number of benzene rings is 2. The first-order valence-corrected chi connectivity index (χ1v) is 11.1. The molecule has 0 spiro atoms. The number of rotatable bonds is 6. The fourth-order valence-corrected chi connectivity index (χ4v) is 3.89. The van der Waals surface area contributed by atoms with Gasteiger partial charge in [-0.2, -0.15) is 15.3 Å². The van der Waals surface area contributed by atoms with Gasteiger partial charge in [0.1, 0.15) is 5.82 Å². The van der Waals surface area contributed by atoms with Crippen LogP contribution >= 0.6 is 0 Å². The zero-order valence-electron chi connectivity index (χ0n) is 18.5. The fraction of sp³-hybridized carbons (Fsp3) is 0.200. The molecule has 9 nitrogen and oxygen atoms in total. The summed E-state index contributed by atoms with van der Waals surface area (Å²) in [5.41, 5.74) is 10.6. The quantitative estimate of drug-likeness (QED) is 0.361. The van der Waals surface area contributed by atoms with Crippen molar-refractivity contribution in [1.29, 1.82) is 5.26 Å². The minimum Gasteiger partial charge on any atom is -0.399 e. The number of nitrogen functional groups attached to an aromatic ring is 1. The third kappa shape index (κ3) is 4.82. The number of nitrogens with two attached hydrogens (primary N) is 1. The summed E-state index contributed by atoms with van der Waals surface area (Å²) in [4.78, 5) is 9.26. The lowest BCUT2D eigenvalue weighted by molar-refractivity contribution is 0.0662. The Morgan fingerprint density at radius 1 is 1.03 bits per heavy atom. The number of nitriles is 1. The average molecular weight is 453 g/mol. The van der Waals surface area contributed by atoms with E-state index in [1.54, 1.807) is 18.3 Å². The van der Waals surface area contributed by atoms with Gasteiger partial charge < -0.3 is 21.1 Å². The number of hydrogen-bond donors (Lipinski definition) is 3. The number of nitrogens with zero attached hydrogens (tertiary/aromatic N) is 5. The molecule has 9 heteroatoms. The standard InChI is InChI=1S/C25H24N8O/c26-13-17-4-6-20(7-5-17)31-25-28-15-23(24(32-25)30-21-3-1-2-19(27)12-21)18-14-29-33(16-18)22-8-10-34-11-9-22/h1-7,12,14-16,22H,8-11,27H2,(H2,28,30,31,32). The van der Waals surface area contributed by atoms with Gasteiger partial charge in [-0.15, -0.1) is 0 Å². The van der Waals surface area contributed by atoms with E-state index < -0.39 is 0 Å². The molecule has 0 bridgehead atoms. The average Bonchev–Trinajstić information content (AvgIpc) is 3.35. The lowest BCUT2D eigenvalue weighted by atomic mass is 10.1. The molecule has 0 saturated carbocycles. The molecule has 0 radical (unpaired) electrons. The van der Waals surface area contributed by atoms with Gasteiger partial charge in [-0.25, -0.2) is 4.98 Å². The lowest BCUT2D eigenvalue weighted by Crippen LogP contribution is -2.19. The fourth-order valence-electron chi connectivity index (χ4n) is 3.89. The molecule has 2 aromatic carbocycles.